The highest BCUT2D eigenvalue weighted by atomic mass is 16.6. The molecule has 0 unspecified atom stereocenters. The van der Waals surface area contributed by atoms with Crippen LogP contribution < -0.4 is 15.5 Å². The predicted molar refractivity (Wildman–Crippen MR) is 120 cm³/mol. The molecule has 0 aliphatic carbocycles. The molecule has 0 radical (unpaired) electrons. The smallest absolute Gasteiger partial charge is 0.265 e. The van der Waals surface area contributed by atoms with E-state index in [9.17, 15) is 9.59 Å². The maximum Gasteiger partial charge on any atom is 0.265 e. The summed E-state index contributed by atoms with van der Waals surface area (Å²) in [5, 5.41) is 9.60. The fraction of sp³-hybridized carbons (Fsp3) is 0.348. The van der Waals surface area contributed by atoms with Crippen molar-refractivity contribution in [2.24, 2.45) is 5.16 Å². The van der Waals surface area contributed by atoms with Crippen molar-refractivity contribution in [1.82, 2.24) is 0 Å². The van der Waals surface area contributed by atoms with Crippen molar-refractivity contribution in [3.63, 3.8) is 0 Å². The first-order valence-corrected chi connectivity index (χ1v) is 10.1. The highest BCUT2D eigenvalue weighted by Crippen LogP contribution is 2.25. The van der Waals surface area contributed by atoms with Gasteiger partial charge in [0.1, 0.15) is 0 Å². The lowest BCUT2D eigenvalue weighted by molar-refractivity contribution is -0.120. The molecule has 158 valence electrons. The number of amides is 2. The van der Waals surface area contributed by atoms with Gasteiger partial charge in [-0.2, -0.15) is 0 Å². The second-order valence-electron chi connectivity index (χ2n) is 7.45. The van der Waals surface area contributed by atoms with Crippen molar-refractivity contribution in [3.8, 4) is 0 Å². The zero-order valence-corrected chi connectivity index (χ0v) is 17.7. The molecule has 1 aliphatic rings. The van der Waals surface area contributed by atoms with E-state index in [4.69, 9.17) is 4.84 Å². The van der Waals surface area contributed by atoms with Crippen LogP contribution in [0.3, 0.4) is 0 Å². The first kappa shape index (κ1) is 21.4. The summed E-state index contributed by atoms with van der Waals surface area (Å²) in [4.78, 5) is 30.9. The SMILES string of the molecule is CC(=O)Nc1ccc(/C(C)=N/OCC(=O)Nc2ccc(N3CCCC3)cc2C)cc1. The minimum atomic E-state index is -0.260. The van der Waals surface area contributed by atoms with Gasteiger partial charge in [0, 0.05) is 37.1 Å². The Hall–Kier alpha value is -3.35. The van der Waals surface area contributed by atoms with E-state index in [-0.39, 0.29) is 18.4 Å². The van der Waals surface area contributed by atoms with E-state index < -0.39 is 0 Å². The fourth-order valence-electron chi connectivity index (χ4n) is 3.38. The van der Waals surface area contributed by atoms with E-state index in [1.807, 2.05) is 31.2 Å². The highest BCUT2D eigenvalue weighted by molar-refractivity contribution is 5.99. The number of rotatable bonds is 7. The van der Waals surface area contributed by atoms with Crippen LogP contribution in [0.2, 0.25) is 0 Å². The van der Waals surface area contributed by atoms with Gasteiger partial charge in [-0.1, -0.05) is 17.3 Å². The van der Waals surface area contributed by atoms with E-state index in [0.29, 0.717) is 11.4 Å². The molecule has 2 amide bonds. The van der Waals surface area contributed by atoms with E-state index in [1.165, 1.54) is 25.5 Å². The Morgan fingerprint density at radius 1 is 1.03 bits per heavy atom. The molecule has 1 fully saturated rings. The van der Waals surface area contributed by atoms with Gasteiger partial charge in [0.05, 0.1) is 5.71 Å². The lowest BCUT2D eigenvalue weighted by Crippen LogP contribution is -2.19. The van der Waals surface area contributed by atoms with Crippen molar-refractivity contribution in [2.75, 3.05) is 35.2 Å². The summed E-state index contributed by atoms with van der Waals surface area (Å²) >= 11 is 0. The number of benzene rings is 2. The number of carbonyl (C=O) groups is 2. The Balaban J connectivity index is 1.51. The summed E-state index contributed by atoms with van der Waals surface area (Å²) in [6.07, 6.45) is 2.46. The van der Waals surface area contributed by atoms with Gasteiger partial charge >= 0.3 is 0 Å². The van der Waals surface area contributed by atoms with Crippen LogP contribution in [0.4, 0.5) is 17.1 Å². The van der Waals surface area contributed by atoms with Gasteiger partial charge < -0.3 is 20.4 Å². The zero-order valence-electron chi connectivity index (χ0n) is 17.7. The van der Waals surface area contributed by atoms with Gasteiger partial charge in [-0.05, 0) is 68.1 Å². The number of aryl methyl sites for hydroxylation is 1. The largest absolute Gasteiger partial charge is 0.385 e. The average molecular weight is 409 g/mol. The maximum absolute atomic E-state index is 12.2. The summed E-state index contributed by atoms with van der Waals surface area (Å²) in [7, 11) is 0. The van der Waals surface area contributed by atoms with Gasteiger partial charge in [0.15, 0.2) is 6.61 Å². The molecule has 0 atom stereocenters. The molecular formula is C23H28N4O3. The van der Waals surface area contributed by atoms with Gasteiger partial charge in [-0.25, -0.2) is 0 Å². The molecule has 7 heteroatoms. The molecule has 7 nitrogen and oxygen atoms in total. The molecule has 2 aromatic carbocycles. The summed E-state index contributed by atoms with van der Waals surface area (Å²) in [6, 6.07) is 13.3. The van der Waals surface area contributed by atoms with Gasteiger partial charge in [0.25, 0.3) is 5.91 Å². The summed E-state index contributed by atoms with van der Waals surface area (Å²) in [5.41, 5.74) is 5.20. The summed E-state index contributed by atoms with van der Waals surface area (Å²) in [6.45, 7) is 7.26. The number of oxime groups is 1. The molecule has 0 spiro atoms. The normalized spacial score (nSPS) is 13.8. The monoisotopic (exact) mass is 408 g/mol. The minimum Gasteiger partial charge on any atom is -0.385 e. The Labute approximate surface area is 177 Å². The van der Waals surface area contributed by atoms with E-state index in [1.54, 1.807) is 19.1 Å². The fourth-order valence-corrected chi connectivity index (χ4v) is 3.38. The Morgan fingerprint density at radius 2 is 1.73 bits per heavy atom. The van der Waals surface area contributed by atoms with Crippen LogP contribution in [-0.4, -0.2) is 37.2 Å². The second kappa shape index (κ2) is 9.91. The van der Waals surface area contributed by atoms with Crippen LogP contribution in [0.25, 0.3) is 0 Å². The van der Waals surface area contributed by atoms with Crippen molar-refractivity contribution in [2.45, 2.75) is 33.6 Å². The molecule has 1 aliphatic heterocycles. The quantitative estimate of drug-likeness (QED) is 0.537. The lowest BCUT2D eigenvalue weighted by atomic mass is 10.1. The molecule has 1 saturated heterocycles. The summed E-state index contributed by atoms with van der Waals surface area (Å²) < 4.78 is 0. The van der Waals surface area contributed by atoms with E-state index >= 15 is 0 Å². The molecular weight excluding hydrogens is 380 g/mol. The number of nitrogens with one attached hydrogen (secondary N) is 2. The maximum atomic E-state index is 12.2. The Bertz CT molecular complexity index is 932. The Morgan fingerprint density at radius 3 is 2.37 bits per heavy atom. The van der Waals surface area contributed by atoms with Crippen molar-refractivity contribution >= 4 is 34.6 Å². The van der Waals surface area contributed by atoms with Gasteiger partial charge in [-0.3, -0.25) is 9.59 Å². The molecule has 2 N–H and O–H groups in total. The molecule has 0 bridgehead atoms. The van der Waals surface area contributed by atoms with Crippen LogP contribution in [0.5, 0.6) is 0 Å². The standard InChI is InChI=1S/C23H28N4O3/c1-16-14-21(27-12-4-5-13-27)10-11-22(16)25-23(29)15-30-26-17(2)19-6-8-20(9-7-19)24-18(3)28/h6-11,14H,4-5,12-13,15H2,1-3H3,(H,24,28)(H,25,29)/b26-17+. The third-order valence-electron chi connectivity index (χ3n) is 4.98. The first-order valence-electron chi connectivity index (χ1n) is 10.1. The molecule has 3 rings (SSSR count). The van der Waals surface area contributed by atoms with Crippen LogP contribution in [-0.2, 0) is 14.4 Å². The highest BCUT2D eigenvalue weighted by Gasteiger charge is 2.14. The van der Waals surface area contributed by atoms with E-state index in [2.05, 4.69) is 26.8 Å². The van der Waals surface area contributed by atoms with Gasteiger partial charge in [0.2, 0.25) is 5.91 Å². The minimum absolute atomic E-state index is 0.122. The predicted octanol–water partition coefficient (Wildman–Crippen LogP) is 3.93. The number of nitrogens with zero attached hydrogens (tertiary/aromatic N) is 2. The number of anilines is 3. The number of hydrogen-bond donors (Lipinski definition) is 2. The second-order valence-corrected chi connectivity index (χ2v) is 7.45. The van der Waals surface area contributed by atoms with Crippen molar-refractivity contribution in [1.29, 1.82) is 0 Å². The number of hydrogen-bond acceptors (Lipinski definition) is 5. The topological polar surface area (TPSA) is 83.0 Å². The Kier molecular flexibility index (Phi) is 7.06. The molecule has 2 aromatic rings. The zero-order chi connectivity index (χ0) is 21.5. The van der Waals surface area contributed by atoms with Crippen LogP contribution >= 0.6 is 0 Å². The van der Waals surface area contributed by atoms with Crippen LogP contribution in [0.1, 0.15) is 37.8 Å². The molecule has 0 aromatic heterocycles. The lowest BCUT2D eigenvalue weighted by Gasteiger charge is -2.19. The van der Waals surface area contributed by atoms with Crippen molar-refractivity contribution in [3.05, 3.63) is 53.6 Å². The molecule has 0 saturated carbocycles. The molecule has 30 heavy (non-hydrogen) atoms. The molecule has 1 heterocycles. The first-order chi connectivity index (χ1) is 14.4. The van der Waals surface area contributed by atoms with Gasteiger partial charge in [-0.15, -0.1) is 0 Å². The number of carbonyl (C=O) groups excluding carboxylic acids is 2. The third kappa shape index (κ3) is 5.83. The summed E-state index contributed by atoms with van der Waals surface area (Å²) in [5.74, 6) is -0.381. The van der Waals surface area contributed by atoms with Crippen LogP contribution in [0.15, 0.2) is 47.6 Å². The van der Waals surface area contributed by atoms with Crippen molar-refractivity contribution < 1.29 is 14.4 Å². The van der Waals surface area contributed by atoms with E-state index in [0.717, 1.165) is 29.9 Å². The average Bonchev–Trinajstić information content (AvgIpc) is 3.24. The third-order valence-corrected chi connectivity index (χ3v) is 4.98. The van der Waals surface area contributed by atoms with Crippen LogP contribution in [0, 0.1) is 6.92 Å².